The Morgan fingerprint density at radius 1 is 1.38 bits per heavy atom. The topological polar surface area (TPSA) is 38.7 Å². The molecule has 5 heteroatoms. The van der Waals surface area contributed by atoms with Crippen LogP contribution in [0.15, 0.2) is 18.2 Å². The average Bonchev–Trinajstić information content (AvgIpc) is 2.24. The molecule has 0 amide bonds. The van der Waals surface area contributed by atoms with E-state index in [1.807, 2.05) is 0 Å². The third kappa shape index (κ3) is 3.42. The molecule has 0 aliphatic carbocycles. The van der Waals surface area contributed by atoms with Gasteiger partial charge in [0.2, 0.25) is 0 Å². The van der Waals surface area contributed by atoms with Crippen molar-refractivity contribution < 1.29 is 19.0 Å². The summed E-state index contributed by atoms with van der Waals surface area (Å²) in [5, 5.41) is 10.0. The molecule has 0 aliphatic rings. The van der Waals surface area contributed by atoms with Gasteiger partial charge < -0.3 is 14.6 Å². The Kier molecular flexibility index (Phi) is 5.15. The molecule has 0 fully saturated rings. The highest BCUT2D eigenvalue weighted by Gasteiger charge is 2.19. The number of halogens is 2. The van der Waals surface area contributed by atoms with Gasteiger partial charge in [0.15, 0.2) is 6.29 Å². The first-order chi connectivity index (χ1) is 7.58. The summed E-state index contributed by atoms with van der Waals surface area (Å²) in [6.45, 7) is 0. The summed E-state index contributed by atoms with van der Waals surface area (Å²) in [5.41, 5.74) is 0.648. The number of hydrogen-bond acceptors (Lipinski definition) is 3. The Morgan fingerprint density at radius 2 is 2.00 bits per heavy atom. The summed E-state index contributed by atoms with van der Waals surface area (Å²) < 4.78 is 22.6. The van der Waals surface area contributed by atoms with E-state index in [9.17, 15) is 9.50 Å². The van der Waals surface area contributed by atoms with Crippen LogP contribution >= 0.6 is 11.6 Å². The Bertz CT molecular complexity index is 342. The largest absolute Gasteiger partial charge is 0.387 e. The van der Waals surface area contributed by atoms with Crippen LogP contribution in [0, 0.1) is 5.82 Å². The van der Waals surface area contributed by atoms with E-state index >= 15 is 0 Å². The van der Waals surface area contributed by atoms with Crippen molar-refractivity contribution in [2.24, 2.45) is 0 Å². The fraction of sp³-hybridized carbons (Fsp3) is 0.455. The number of methoxy groups -OCH3 is 2. The van der Waals surface area contributed by atoms with Crippen molar-refractivity contribution in [2.45, 2.75) is 18.8 Å². The van der Waals surface area contributed by atoms with E-state index in [0.717, 1.165) is 0 Å². The molecule has 3 nitrogen and oxygen atoms in total. The lowest BCUT2D eigenvalue weighted by molar-refractivity contribution is -0.163. The van der Waals surface area contributed by atoms with Crippen molar-refractivity contribution in [3.63, 3.8) is 0 Å². The van der Waals surface area contributed by atoms with Gasteiger partial charge >= 0.3 is 0 Å². The summed E-state index contributed by atoms with van der Waals surface area (Å²) in [6.07, 6.45) is -1.33. The van der Waals surface area contributed by atoms with E-state index in [0.29, 0.717) is 5.56 Å². The van der Waals surface area contributed by atoms with Gasteiger partial charge in [-0.15, -0.1) is 0 Å². The monoisotopic (exact) mass is 248 g/mol. The number of hydrogen-bond donors (Lipinski definition) is 1. The Balaban J connectivity index is 2.72. The van der Waals surface area contributed by atoms with Crippen LogP contribution in [0.4, 0.5) is 4.39 Å². The molecule has 0 heterocycles. The van der Waals surface area contributed by atoms with Crippen molar-refractivity contribution in [2.75, 3.05) is 14.2 Å². The molecule has 0 saturated heterocycles. The maximum Gasteiger partial charge on any atom is 0.183 e. The van der Waals surface area contributed by atoms with E-state index in [1.54, 1.807) is 0 Å². The molecule has 1 atom stereocenters. The third-order valence-electron chi connectivity index (χ3n) is 2.22. The molecule has 1 N–H and O–H groups in total. The highest BCUT2D eigenvalue weighted by Crippen LogP contribution is 2.20. The van der Waals surface area contributed by atoms with Crippen molar-refractivity contribution in [1.82, 2.24) is 0 Å². The zero-order valence-corrected chi connectivity index (χ0v) is 9.87. The molecule has 1 rings (SSSR count). The van der Waals surface area contributed by atoms with E-state index in [4.69, 9.17) is 21.1 Å². The van der Waals surface area contributed by atoms with Gasteiger partial charge in [-0.05, 0) is 17.7 Å². The van der Waals surface area contributed by atoms with Gasteiger partial charge in [-0.1, -0.05) is 17.7 Å². The molecule has 90 valence electrons. The maximum atomic E-state index is 12.8. The number of aliphatic hydroxyl groups excluding tert-OH is 1. The molecule has 0 saturated carbocycles. The van der Waals surface area contributed by atoms with Crippen molar-refractivity contribution in [1.29, 1.82) is 0 Å². The normalized spacial score (nSPS) is 13.1. The predicted octanol–water partition coefficient (Wildman–Crippen LogP) is 2.00. The summed E-state index contributed by atoms with van der Waals surface area (Å²) in [5.74, 6) is -0.404. The molecule has 1 aromatic carbocycles. The number of ether oxygens (including phenoxy) is 2. The third-order valence-corrected chi connectivity index (χ3v) is 2.57. The summed E-state index contributed by atoms with van der Waals surface area (Å²) in [7, 11) is 2.87. The van der Waals surface area contributed by atoms with Crippen LogP contribution < -0.4 is 0 Å². The van der Waals surface area contributed by atoms with Gasteiger partial charge in [0.05, 0.1) is 0 Å². The van der Waals surface area contributed by atoms with Gasteiger partial charge in [-0.3, -0.25) is 0 Å². The van der Waals surface area contributed by atoms with E-state index < -0.39 is 18.2 Å². The fourth-order valence-electron chi connectivity index (χ4n) is 1.42. The van der Waals surface area contributed by atoms with Gasteiger partial charge in [0, 0.05) is 25.7 Å². The quantitative estimate of drug-likeness (QED) is 0.810. The number of rotatable bonds is 5. The molecule has 0 radical (unpaired) electrons. The average molecular weight is 249 g/mol. The van der Waals surface area contributed by atoms with Crippen LogP contribution in [-0.2, 0) is 15.9 Å². The van der Waals surface area contributed by atoms with Crippen LogP contribution in [-0.4, -0.2) is 31.7 Å². The van der Waals surface area contributed by atoms with Crippen LogP contribution in [0.3, 0.4) is 0 Å². The molecule has 0 aromatic heterocycles. The Labute approximate surface area is 98.7 Å². The smallest absolute Gasteiger partial charge is 0.183 e. The Hall–Kier alpha value is -0.680. The van der Waals surface area contributed by atoms with Crippen molar-refractivity contribution in [3.8, 4) is 0 Å². The van der Waals surface area contributed by atoms with E-state index in [2.05, 4.69) is 0 Å². The second-order valence-electron chi connectivity index (χ2n) is 3.35. The summed E-state index contributed by atoms with van der Waals surface area (Å²) >= 11 is 5.83. The minimum absolute atomic E-state index is 0.242. The zero-order valence-electron chi connectivity index (χ0n) is 9.11. The molecule has 1 unspecified atom stereocenters. The summed E-state index contributed by atoms with van der Waals surface area (Å²) in [4.78, 5) is 0. The minimum atomic E-state index is -0.849. The number of benzene rings is 1. The minimum Gasteiger partial charge on any atom is -0.387 e. The van der Waals surface area contributed by atoms with Crippen LogP contribution in [0.2, 0.25) is 5.02 Å². The highest BCUT2D eigenvalue weighted by atomic mass is 35.5. The number of aliphatic hydroxyl groups is 1. The standard InChI is InChI=1S/C11H14ClFO3/c1-15-11(16-2)10(14)5-7-3-4-8(13)6-9(7)12/h3-4,6,10-11,14H,5H2,1-2H3. The van der Waals surface area contributed by atoms with Crippen molar-refractivity contribution >= 4 is 11.6 Å². The van der Waals surface area contributed by atoms with E-state index in [-0.39, 0.29) is 11.4 Å². The van der Waals surface area contributed by atoms with Gasteiger partial charge in [0.1, 0.15) is 11.9 Å². The maximum absolute atomic E-state index is 12.8. The first kappa shape index (κ1) is 13.4. The molecular formula is C11H14ClFO3. The highest BCUT2D eigenvalue weighted by molar-refractivity contribution is 6.31. The van der Waals surface area contributed by atoms with E-state index in [1.165, 1.54) is 32.4 Å². The van der Waals surface area contributed by atoms with Gasteiger partial charge in [0.25, 0.3) is 0 Å². The lowest BCUT2D eigenvalue weighted by atomic mass is 10.1. The lowest BCUT2D eigenvalue weighted by Crippen LogP contribution is -2.31. The molecular weight excluding hydrogens is 235 g/mol. The molecule has 0 bridgehead atoms. The molecule has 16 heavy (non-hydrogen) atoms. The van der Waals surface area contributed by atoms with Gasteiger partial charge in [-0.2, -0.15) is 0 Å². The van der Waals surface area contributed by atoms with Gasteiger partial charge in [-0.25, -0.2) is 4.39 Å². The van der Waals surface area contributed by atoms with Crippen LogP contribution in [0.5, 0.6) is 0 Å². The first-order valence-corrected chi connectivity index (χ1v) is 5.14. The van der Waals surface area contributed by atoms with Crippen molar-refractivity contribution in [3.05, 3.63) is 34.6 Å². The molecule has 1 aromatic rings. The second kappa shape index (κ2) is 6.15. The fourth-order valence-corrected chi connectivity index (χ4v) is 1.66. The zero-order chi connectivity index (χ0) is 12.1. The summed E-state index contributed by atoms with van der Waals surface area (Å²) in [6, 6.07) is 4.03. The second-order valence-corrected chi connectivity index (χ2v) is 3.75. The van der Waals surface area contributed by atoms with Crippen LogP contribution in [0.1, 0.15) is 5.56 Å². The molecule has 0 aliphatic heterocycles. The van der Waals surface area contributed by atoms with Crippen LogP contribution in [0.25, 0.3) is 0 Å². The lowest BCUT2D eigenvalue weighted by Gasteiger charge is -2.20. The Morgan fingerprint density at radius 3 is 2.50 bits per heavy atom. The first-order valence-electron chi connectivity index (χ1n) is 4.76. The predicted molar refractivity (Wildman–Crippen MR) is 58.9 cm³/mol. The SMILES string of the molecule is COC(OC)C(O)Cc1ccc(F)cc1Cl. The molecule has 0 spiro atoms.